The molecule has 1 heterocycles. The second-order valence-electron chi connectivity index (χ2n) is 3.80. The lowest BCUT2D eigenvalue weighted by molar-refractivity contribution is 0.230. The lowest BCUT2D eigenvalue weighted by Gasteiger charge is -2.27. The molecular weight excluding hydrogens is 195 g/mol. The van der Waals surface area contributed by atoms with Crippen molar-refractivity contribution >= 4 is 0 Å². The fraction of sp³-hybridized carbons (Fsp3) is 0.455. The summed E-state index contributed by atoms with van der Waals surface area (Å²) in [7, 11) is 0. The fourth-order valence-corrected chi connectivity index (χ4v) is 1.78. The van der Waals surface area contributed by atoms with Crippen molar-refractivity contribution in [1.82, 2.24) is 10.2 Å². The number of nitrogens with zero attached hydrogens (tertiary/aromatic N) is 1. The van der Waals surface area contributed by atoms with Gasteiger partial charge in [0.2, 0.25) is 0 Å². The SMILES string of the molecule is Oc1cc(F)ccc1CN1CCNCC1. The first-order chi connectivity index (χ1) is 7.25. The monoisotopic (exact) mass is 210 g/mol. The maximum atomic E-state index is 12.7. The van der Waals surface area contributed by atoms with Crippen LogP contribution in [0, 0.1) is 5.82 Å². The minimum atomic E-state index is -0.392. The molecular formula is C11H15FN2O. The van der Waals surface area contributed by atoms with Crippen LogP contribution in [0.3, 0.4) is 0 Å². The summed E-state index contributed by atoms with van der Waals surface area (Å²) in [5.41, 5.74) is 0.790. The second-order valence-corrected chi connectivity index (χ2v) is 3.80. The Bertz CT molecular complexity index is 337. The summed E-state index contributed by atoms with van der Waals surface area (Å²) in [6.07, 6.45) is 0. The summed E-state index contributed by atoms with van der Waals surface area (Å²) in [5.74, 6) is -0.343. The van der Waals surface area contributed by atoms with Gasteiger partial charge in [-0.25, -0.2) is 4.39 Å². The van der Waals surface area contributed by atoms with Gasteiger partial charge in [-0.3, -0.25) is 4.90 Å². The molecule has 0 unspecified atom stereocenters. The van der Waals surface area contributed by atoms with Crippen molar-refractivity contribution < 1.29 is 9.50 Å². The van der Waals surface area contributed by atoms with Crippen molar-refractivity contribution in [3.8, 4) is 5.75 Å². The number of phenolic OH excluding ortho intramolecular Hbond substituents is 1. The molecule has 0 amide bonds. The van der Waals surface area contributed by atoms with Gasteiger partial charge >= 0.3 is 0 Å². The van der Waals surface area contributed by atoms with Crippen LogP contribution in [0.1, 0.15) is 5.56 Å². The number of nitrogens with one attached hydrogen (secondary N) is 1. The Morgan fingerprint density at radius 3 is 2.73 bits per heavy atom. The number of hydrogen-bond acceptors (Lipinski definition) is 3. The molecule has 1 fully saturated rings. The molecule has 3 nitrogen and oxygen atoms in total. The van der Waals surface area contributed by atoms with Gasteiger partial charge in [-0.15, -0.1) is 0 Å². The van der Waals surface area contributed by atoms with Gasteiger partial charge in [0.15, 0.2) is 0 Å². The van der Waals surface area contributed by atoms with E-state index in [2.05, 4.69) is 10.2 Å². The van der Waals surface area contributed by atoms with Crippen LogP contribution in [-0.4, -0.2) is 36.2 Å². The summed E-state index contributed by atoms with van der Waals surface area (Å²) in [6, 6.07) is 4.20. The Labute approximate surface area is 88.5 Å². The van der Waals surface area contributed by atoms with Crippen LogP contribution in [-0.2, 0) is 6.54 Å². The molecule has 4 heteroatoms. The van der Waals surface area contributed by atoms with Gasteiger partial charge in [0.05, 0.1) is 0 Å². The molecule has 82 valence electrons. The lowest BCUT2D eigenvalue weighted by Crippen LogP contribution is -2.42. The predicted octanol–water partition coefficient (Wildman–Crippen LogP) is 0.936. The Kier molecular flexibility index (Phi) is 3.18. The molecule has 1 aliphatic heterocycles. The zero-order chi connectivity index (χ0) is 10.7. The average Bonchev–Trinajstić information content (AvgIpc) is 2.24. The van der Waals surface area contributed by atoms with E-state index < -0.39 is 5.82 Å². The van der Waals surface area contributed by atoms with Crippen molar-refractivity contribution in [1.29, 1.82) is 0 Å². The minimum absolute atomic E-state index is 0.0496. The van der Waals surface area contributed by atoms with Crippen LogP contribution >= 0.6 is 0 Å². The van der Waals surface area contributed by atoms with E-state index in [4.69, 9.17) is 0 Å². The molecule has 0 saturated carbocycles. The molecule has 0 aliphatic carbocycles. The van der Waals surface area contributed by atoms with Crippen molar-refractivity contribution in [3.05, 3.63) is 29.6 Å². The molecule has 0 aromatic heterocycles. The van der Waals surface area contributed by atoms with E-state index in [1.807, 2.05) is 0 Å². The Morgan fingerprint density at radius 1 is 1.33 bits per heavy atom. The Hall–Kier alpha value is -1.13. The fourth-order valence-electron chi connectivity index (χ4n) is 1.78. The maximum absolute atomic E-state index is 12.7. The quantitative estimate of drug-likeness (QED) is 0.762. The highest BCUT2D eigenvalue weighted by atomic mass is 19.1. The summed E-state index contributed by atoms with van der Waals surface area (Å²) >= 11 is 0. The van der Waals surface area contributed by atoms with Gasteiger partial charge in [-0.05, 0) is 6.07 Å². The highest BCUT2D eigenvalue weighted by molar-refractivity contribution is 5.32. The van der Waals surface area contributed by atoms with E-state index in [0.29, 0.717) is 6.54 Å². The molecule has 1 aromatic carbocycles. The van der Waals surface area contributed by atoms with E-state index in [0.717, 1.165) is 37.8 Å². The van der Waals surface area contributed by atoms with Crippen LogP contribution in [0.15, 0.2) is 18.2 Å². The van der Waals surface area contributed by atoms with Crippen LogP contribution in [0.25, 0.3) is 0 Å². The van der Waals surface area contributed by atoms with Crippen molar-refractivity contribution in [2.24, 2.45) is 0 Å². The van der Waals surface area contributed by atoms with Crippen LogP contribution < -0.4 is 5.32 Å². The van der Waals surface area contributed by atoms with Crippen molar-refractivity contribution in [3.63, 3.8) is 0 Å². The number of piperazine rings is 1. The molecule has 0 radical (unpaired) electrons. The number of halogens is 1. The predicted molar refractivity (Wildman–Crippen MR) is 56.2 cm³/mol. The normalized spacial score (nSPS) is 17.9. The Morgan fingerprint density at radius 2 is 2.07 bits per heavy atom. The van der Waals surface area contributed by atoms with Gasteiger partial charge in [0, 0.05) is 44.4 Å². The molecule has 1 aromatic rings. The number of aromatic hydroxyl groups is 1. The van der Waals surface area contributed by atoms with Gasteiger partial charge in [0.1, 0.15) is 11.6 Å². The molecule has 15 heavy (non-hydrogen) atoms. The standard InChI is InChI=1S/C11H15FN2O/c12-10-2-1-9(11(15)7-10)8-14-5-3-13-4-6-14/h1-2,7,13,15H,3-6,8H2. The summed E-state index contributed by atoms with van der Waals surface area (Å²) in [4.78, 5) is 2.24. The molecule has 2 rings (SSSR count). The highest BCUT2D eigenvalue weighted by Gasteiger charge is 2.12. The van der Waals surface area contributed by atoms with Crippen LogP contribution in [0.2, 0.25) is 0 Å². The van der Waals surface area contributed by atoms with E-state index in [1.54, 1.807) is 6.07 Å². The molecule has 0 bridgehead atoms. The van der Waals surface area contributed by atoms with E-state index in [9.17, 15) is 9.50 Å². The molecule has 1 saturated heterocycles. The number of benzene rings is 1. The average molecular weight is 210 g/mol. The zero-order valence-electron chi connectivity index (χ0n) is 8.54. The third kappa shape index (κ3) is 2.67. The maximum Gasteiger partial charge on any atom is 0.126 e. The number of hydrogen-bond donors (Lipinski definition) is 2. The van der Waals surface area contributed by atoms with Crippen LogP contribution in [0.4, 0.5) is 4.39 Å². The van der Waals surface area contributed by atoms with Gasteiger partial charge in [-0.1, -0.05) is 6.07 Å². The van der Waals surface area contributed by atoms with Gasteiger partial charge < -0.3 is 10.4 Å². The second kappa shape index (κ2) is 4.59. The lowest BCUT2D eigenvalue weighted by atomic mass is 10.1. The minimum Gasteiger partial charge on any atom is -0.508 e. The number of rotatable bonds is 2. The summed E-state index contributed by atoms with van der Waals surface area (Å²) in [6.45, 7) is 4.57. The summed E-state index contributed by atoms with van der Waals surface area (Å²) in [5, 5.41) is 12.8. The first kappa shape index (κ1) is 10.4. The first-order valence-corrected chi connectivity index (χ1v) is 5.16. The van der Waals surface area contributed by atoms with Crippen molar-refractivity contribution in [2.45, 2.75) is 6.54 Å². The zero-order valence-corrected chi connectivity index (χ0v) is 8.54. The largest absolute Gasteiger partial charge is 0.508 e. The number of phenols is 1. The third-order valence-corrected chi connectivity index (χ3v) is 2.65. The van der Waals surface area contributed by atoms with Gasteiger partial charge in [0.25, 0.3) is 0 Å². The van der Waals surface area contributed by atoms with Gasteiger partial charge in [-0.2, -0.15) is 0 Å². The Balaban J connectivity index is 2.03. The first-order valence-electron chi connectivity index (χ1n) is 5.16. The molecule has 2 N–H and O–H groups in total. The summed E-state index contributed by atoms with van der Waals surface area (Å²) < 4.78 is 12.7. The smallest absolute Gasteiger partial charge is 0.126 e. The highest BCUT2D eigenvalue weighted by Crippen LogP contribution is 2.19. The van der Waals surface area contributed by atoms with E-state index in [-0.39, 0.29) is 5.75 Å². The molecule has 0 spiro atoms. The van der Waals surface area contributed by atoms with E-state index >= 15 is 0 Å². The van der Waals surface area contributed by atoms with Crippen LogP contribution in [0.5, 0.6) is 5.75 Å². The third-order valence-electron chi connectivity index (χ3n) is 2.65. The van der Waals surface area contributed by atoms with E-state index in [1.165, 1.54) is 6.07 Å². The topological polar surface area (TPSA) is 35.5 Å². The van der Waals surface area contributed by atoms with Crippen molar-refractivity contribution in [2.75, 3.05) is 26.2 Å². The molecule has 1 aliphatic rings. The molecule has 0 atom stereocenters.